The molecule has 1 rings (SSSR count). The number of pyridine rings is 1. The number of nitrogens with zero attached hydrogens (tertiary/aromatic N) is 1. The van der Waals surface area contributed by atoms with Gasteiger partial charge in [0.05, 0.1) is 0 Å². The van der Waals surface area contributed by atoms with Crippen LogP contribution < -0.4 is 5.73 Å². The van der Waals surface area contributed by atoms with Gasteiger partial charge in [-0.2, -0.15) is 0 Å². The highest BCUT2D eigenvalue weighted by Gasteiger charge is 1.95. The van der Waals surface area contributed by atoms with E-state index in [9.17, 15) is 4.79 Å². The molecule has 146 valence electrons. The third kappa shape index (κ3) is 14.7. The van der Waals surface area contributed by atoms with Gasteiger partial charge in [0.15, 0.2) is 0 Å². The lowest BCUT2D eigenvalue weighted by molar-refractivity contribution is -0.118. The molecule has 0 atom stereocenters. The number of amides is 1. The molecule has 0 saturated carbocycles. The van der Waals surface area contributed by atoms with Crippen LogP contribution in [0, 0.1) is 0 Å². The molecule has 0 aromatic carbocycles. The maximum atomic E-state index is 10.6. The monoisotopic (exact) mass is 358 g/mol. The maximum Gasteiger partial charge on any atom is 0.217 e. The van der Waals surface area contributed by atoms with Crippen LogP contribution in [0.5, 0.6) is 0 Å². The molecule has 0 aliphatic carbocycles. The standard InChI is InChI=1S/C23H38N2O/c24-23(26)17-15-13-11-9-7-5-3-1-2-4-6-8-10-12-14-16-22-18-20-25-21-19-22/h1,3,18-21H,2,4-17H2,(H2,24,26)/b3-1-. The average Bonchev–Trinajstić information content (AvgIpc) is 2.65. The SMILES string of the molecule is NC(=O)CCCCCCC/C=C\CCCCCCCCc1ccncc1. The topological polar surface area (TPSA) is 56.0 Å². The summed E-state index contributed by atoms with van der Waals surface area (Å²) < 4.78 is 0. The van der Waals surface area contributed by atoms with E-state index in [0.717, 1.165) is 12.8 Å². The highest BCUT2D eigenvalue weighted by atomic mass is 16.1. The molecule has 0 aliphatic heterocycles. The Morgan fingerprint density at radius 1 is 0.769 bits per heavy atom. The van der Waals surface area contributed by atoms with Crippen molar-refractivity contribution in [2.24, 2.45) is 5.73 Å². The minimum atomic E-state index is -0.169. The summed E-state index contributed by atoms with van der Waals surface area (Å²) in [6.07, 6.45) is 26.6. The van der Waals surface area contributed by atoms with E-state index in [2.05, 4.69) is 29.3 Å². The van der Waals surface area contributed by atoms with Crippen molar-refractivity contribution in [1.29, 1.82) is 0 Å². The van der Waals surface area contributed by atoms with E-state index in [1.54, 1.807) is 0 Å². The molecule has 3 nitrogen and oxygen atoms in total. The summed E-state index contributed by atoms with van der Waals surface area (Å²) in [5, 5.41) is 0. The van der Waals surface area contributed by atoms with Crippen molar-refractivity contribution in [3.63, 3.8) is 0 Å². The zero-order valence-corrected chi connectivity index (χ0v) is 16.5. The number of hydrogen-bond donors (Lipinski definition) is 1. The Hall–Kier alpha value is -1.64. The first kappa shape index (κ1) is 22.4. The van der Waals surface area contributed by atoms with E-state index in [-0.39, 0.29) is 5.91 Å². The van der Waals surface area contributed by atoms with Gasteiger partial charge in [0.25, 0.3) is 0 Å². The molecule has 0 saturated heterocycles. The zero-order valence-electron chi connectivity index (χ0n) is 16.5. The molecule has 0 unspecified atom stereocenters. The van der Waals surface area contributed by atoms with Gasteiger partial charge in [-0.15, -0.1) is 0 Å². The highest BCUT2D eigenvalue weighted by molar-refractivity contribution is 5.73. The second-order valence-corrected chi connectivity index (χ2v) is 7.26. The van der Waals surface area contributed by atoms with E-state index < -0.39 is 0 Å². The van der Waals surface area contributed by atoms with Crippen molar-refractivity contribution in [2.45, 2.75) is 96.3 Å². The molecular weight excluding hydrogens is 320 g/mol. The number of primary amides is 1. The summed E-state index contributed by atoms with van der Waals surface area (Å²) in [7, 11) is 0. The number of rotatable bonds is 17. The summed E-state index contributed by atoms with van der Waals surface area (Å²) in [6, 6.07) is 4.24. The van der Waals surface area contributed by atoms with Gasteiger partial charge in [0.1, 0.15) is 0 Å². The zero-order chi connectivity index (χ0) is 18.7. The minimum absolute atomic E-state index is 0.169. The lowest BCUT2D eigenvalue weighted by Gasteiger charge is -2.02. The van der Waals surface area contributed by atoms with E-state index >= 15 is 0 Å². The Bertz CT molecular complexity index is 470. The molecule has 1 heterocycles. The predicted molar refractivity (Wildman–Crippen MR) is 111 cm³/mol. The Balaban J connectivity index is 1.76. The fraction of sp³-hybridized carbons (Fsp3) is 0.652. The van der Waals surface area contributed by atoms with Crippen LogP contribution in [0.15, 0.2) is 36.7 Å². The Morgan fingerprint density at radius 2 is 1.27 bits per heavy atom. The van der Waals surface area contributed by atoms with Gasteiger partial charge < -0.3 is 5.73 Å². The first-order chi connectivity index (χ1) is 12.8. The molecule has 1 aromatic heterocycles. The van der Waals surface area contributed by atoms with E-state index in [1.807, 2.05) is 12.4 Å². The van der Waals surface area contributed by atoms with E-state index in [4.69, 9.17) is 5.73 Å². The largest absolute Gasteiger partial charge is 0.370 e. The number of carbonyl (C=O) groups excluding carboxylic acids is 1. The highest BCUT2D eigenvalue weighted by Crippen LogP contribution is 2.11. The molecule has 0 fully saturated rings. The molecule has 0 bridgehead atoms. The third-order valence-electron chi connectivity index (χ3n) is 4.80. The molecule has 1 amide bonds. The Labute approximate surface area is 160 Å². The smallest absolute Gasteiger partial charge is 0.217 e. The van der Waals surface area contributed by atoms with Gasteiger partial charge in [-0.3, -0.25) is 9.78 Å². The molecule has 26 heavy (non-hydrogen) atoms. The molecule has 0 radical (unpaired) electrons. The summed E-state index contributed by atoms with van der Waals surface area (Å²) in [6.45, 7) is 0. The number of nitrogens with two attached hydrogens (primary N) is 1. The molecule has 2 N–H and O–H groups in total. The molecular formula is C23H38N2O. The van der Waals surface area contributed by atoms with Crippen LogP contribution in [0.2, 0.25) is 0 Å². The van der Waals surface area contributed by atoms with Gasteiger partial charge in [-0.1, -0.05) is 57.1 Å². The van der Waals surface area contributed by atoms with Gasteiger partial charge in [0, 0.05) is 18.8 Å². The van der Waals surface area contributed by atoms with Crippen LogP contribution in [0.3, 0.4) is 0 Å². The normalized spacial score (nSPS) is 11.2. The summed E-state index contributed by atoms with van der Waals surface area (Å²) in [4.78, 5) is 14.7. The third-order valence-corrected chi connectivity index (χ3v) is 4.80. The fourth-order valence-electron chi connectivity index (χ4n) is 3.18. The van der Waals surface area contributed by atoms with Gasteiger partial charge in [-0.05, 0) is 62.6 Å². The summed E-state index contributed by atoms with van der Waals surface area (Å²) >= 11 is 0. The molecule has 1 aromatic rings. The van der Waals surface area contributed by atoms with Crippen molar-refractivity contribution in [3.05, 3.63) is 42.2 Å². The predicted octanol–water partition coefficient (Wildman–Crippen LogP) is 6.13. The van der Waals surface area contributed by atoms with Gasteiger partial charge in [-0.25, -0.2) is 0 Å². The quantitative estimate of drug-likeness (QED) is 0.269. The maximum absolute atomic E-state index is 10.6. The number of hydrogen-bond acceptors (Lipinski definition) is 2. The van der Waals surface area contributed by atoms with Crippen molar-refractivity contribution < 1.29 is 4.79 Å². The van der Waals surface area contributed by atoms with Crippen LogP contribution >= 0.6 is 0 Å². The molecule has 3 heteroatoms. The number of carbonyl (C=O) groups is 1. The average molecular weight is 359 g/mol. The lowest BCUT2D eigenvalue weighted by atomic mass is 10.0. The first-order valence-electron chi connectivity index (χ1n) is 10.6. The van der Waals surface area contributed by atoms with E-state index in [1.165, 1.54) is 82.6 Å². The van der Waals surface area contributed by atoms with Crippen molar-refractivity contribution in [3.8, 4) is 0 Å². The van der Waals surface area contributed by atoms with Crippen molar-refractivity contribution >= 4 is 5.91 Å². The minimum Gasteiger partial charge on any atom is -0.370 e. The number of aromatic nitrogens is 1. The second-order valence-electron chi connectivity index (χ2n) is 7.26. The van der Waals surface area contributed by atoms with Crippen LogP contribution in [-0.4, -0.2) is 10.9 Å². The fourth-order valence-corrected chi connectivity index (χ4v) is 3.18. The lowest BCUT2D eigenvalue weighted by Crippen LogP contribution is -2.09. The van der Waals surface area contributed by atoms with Gasteiger partial charge >= 0.3 is 0 Å². The van der Waals surface area contributed by atoms with E-state index in [0.29, 0.717) is 6.42 Å². The van der Waals surface area contributed by atoms with Gasteiger partial charge in [0.2, 0.25) is 5.91 Å². The van der Waals surface area contributed by atoms with Crippen LogP contribution in [0.25, 0.3) is 0 Å². The van der Waals surface area contributed by atoms with Crippen molar-refractivity contribution in [2.75, 3.05) is 0 Å². The van der Waals surface area contributed by atoms with Crippen molar-refractivity contribution in [1.82, 2.24) is 4.98 Å². The Morgan fingerprint density at radius 3 is 1.85 bits per heavy atom. The number of allylic oxidation sites excluding steroid dienone is 2. The number of unbranched alkanes of at least 4 members (excludes halogenated alkanes) is 11. The van der Waals surface area contributed by atoms with Crippen LogP contribution in [0.1, 0.15) is 95.5 Å². The molecule has 0 spiro atoms. The van der Waals surface area contributed by atoms with Crippen LogP contribution in [0.4, 0.5) is 0 Å². The van der Waals surface area contributed by atoms with Crippen LogP contribution in [-0.2, 0) is 11.2 Å². The summed E-state index contributed by atoms with van der Waals surface area (Å²) in [5.74, 6) is -0.169. The second kappa shape index (κ2) is 16.8. The first-order valence-corrected chi connectivity index (χ1v) is 10.6. The summed E-state index contributed by atoms with van der Waals surface area (Å²) in [5.41, 5.74) is 6.54. The Kier molecular flexibility index (Phi) is 14.5. The number of aryl methyl sites for hydroxylation is 1. The molecule has 0 aliphatic rings.